The lowest BCUT2D eigenvalue weighted by atomic mass is 10.1. The molecule has 2 aromatic carbocycles. The highest BCUT2D eigenvalue weighted by atomic mass is 32.1. The van der Waals surface area contributed by atoms with E-state index < -0.39 is 0 Å². The van der Waals surface area contributed by atoms with Crippen molar-refractivity contribution in [2.45, 2.75) is 19.9 Å². The molecule has 0 aliphatic heterocycles. The van der Waals surface area contributed by atoms with Gasteiger partial charge in [0.05, 0.1) is 10.7 Å². The number of aromatic nitrogens is 1. The number of thiazole rings is 1. The average Bonchev–Trinajstić information content (AvgIpc) is 2.98. The predicted octanol–water partition coefficient (Wildman–Crippen LogP) is 4.17. The molecule has 0 amide bonds. The van der Waals surface area contributed by atoms with Crippen LogP contribution < -0.4 is 5.73 Å². The summed E-state index contributed by atoms with van der Waals surface area (Å²) in [5.74, 6) is 0. The van der Waals surface area contributed by atoms with E-state index >= 15 is 0 Å². The number of benzene rings is 2. The number of nitrogens with two attached hydrogens (primary N) is 1. The second-order valence-corrected chi connectivity index (χ2v) is 6.08. The summed E-state index contributed by atoms with van der Waals surface area (Å²) in [7, 11) is 0. The highest BCUT2D eigenvalue weighted by Crippen LogP contribution is 2.24. The van der Waals surface area contributed by atoms with Crippen molar-refractivity contribution in [1.82, 2.24) is 4.98 Å². The van der Waals surface area contributed by atoms with E-state index in [0.29, 0.717) is 6.54 Å². The molecule has 0 saturated heterocycles. The van der Waals surface area contributed by atoms with Crippen LogP contribution in [0.3, 0.4) is 0 Å². The number of hydrogen-bond donors (Lipinski definition) is 1. The van der Waals surface area contributed by atoms with Crippen molar-refractivity contribution in [3.8, 4) is 11.3 Å². The lowest BCUT2D eigenvalue weighted by molar-refractivity contribution is 1.07. The van der Waals surface area contributed by atoms with Gasteiger partial charge in [0.2, 0.25) is 0 Å². The number of hydrogen-bond acceptors (Lipinski definition) is 3. The van der Waals surface area contributed by atoms with Crippen LogP contribution in [0.2, 0.25) is 0 Å². The molecular weight excluding hydrogens is 276 g/mol. The normalized spacial score (nSPS) is 10.8. The zero-order valence-corrected chi connectivity index (χ0v) is 12.9. The zero-order chi connectivity index (χ0) is 14.7. The predicted molar refractivity (Wildman–Crippen MR) is 89.4 cm³/mol. The van der Waals surface area contributed by atoms with Crippen LogP contribution in [0.15, 0.2) is 53.9 Å². The smallest absolute Gasteiger partial charge is 0.0976 e. The fraction of sp³-hybridized carbons (Fsp3) is 0.167. The highest BCUT2D eigenvalue weighted by Gasteiger charge is 2.07. The third-order valence-electron chi connectivity index (χ3n) is 3.61. The Balaban J connectivity index is 1.85. The minimum Gasteiger partial charge on any atom is -0.326 e. The molecule has 21 heavy (non-hydrogen) atoms. The molecule has 0 atom stereocenters. The minimum atomic E-state index is 0.564. The minimum absolute atomic E-state index is 0.564. The van der Waals surface area contributed by atoms with Crippen LogP contribution in [0.25, 0.3) is 11.3 Å². The van der Waals surface area contributed by atoms with E-state index in [0.717, 1.165) is 28.2 Å². The molecule has 0 saturated carbocycles. The van der Waals surface area contributed by atoms with Crippen LogP contribution in [0.4, 0.5) is 0 Å². The molecule has 106 valence electrons. The van der Waals surface area contributed by atoms with Gasteiger partial charge >= 0.3 is 0 Å². The molecule has 0 aliphatic rings. The monoisotopic (exact) mass is 294 g/mol. The van der Waals surface area contributed by atoms with Gasteiger partial charge in [-0.3, -0.25) is 0 Å². The topological polar surface area (TPSA) is 38.9 Å². The summed E-state index contributed by atoms with van der Waals surface area (Å²) in [5, 5.41) is 3.28. The maximum atomic E-state index is 5.70. The van der Waals surface area contributed by atoms with Gasteiger partial charge in [-0.1, -0.05) is 42.5 Å². The second kappa shape index (κ2) is 6.20. The van der Waals surface area contributed by atoms with Crippen molar-refractivity contribution < 1.29 is 0 Å². The van der Waals surface area contributed by atoms with E-state index in [9.17, 15) is 0 Å². The molecule has 0 bridgehead atoms. The van der Waals surface area contributed by atoms with Crippen LogP contribution in [-0.4, -0.2) is 4.98 Å². The average molecular weight is 294 g/mol. The van der Waals surface area contributed by atoms with Crippen LogP contribution in [0, 0.1) is 6.92 Å². The quantitative estimate of drug-likeness (QED) is 0.784. The van der Waals surface area contributed by atoms with Crippen LogP contribution in [0.5, 0.6) is 0 Å². The summed E-state index contributed by atoms with van der Waals surface area (Å²) in [6.07, 6.45) is 0.897. The largest absolute Gasteiger partial charge is 0.326 e. The number of nitrogens with zero attached hydrogens (tertiary/aromatic N) is 1. The van der Waals surface area contributed by atoms with Gasteiger partial charge in [0, 0.05) is 23.9 Å². The van der Waals surface area contributed by atoms with E-state index in [1.807, 2.05) is 12.1 Å². The van der Waals surface area contributed by atoms with Crippen molar-refractivity contribution in [2.75, 3.05) is 0 Å². The number of aryl methyl sites for hydroxylation is 1. The van der Waals surface area contributed by atoms with Crippen molar-refractivity contribution in [3.63, 3.8) is 0 Å². The molecule has 3 aromatic rings. The van der Waals surface area contributed by atoms with Gasteiger partial charge < -0.3 is 5.73 Å². The standard InChI is InChI=1S/C18H18N2S/c1-13-5-2-3-7-15(13)10-18-20-17(12-21-18)16-8-4-6-14(9-16)11-19/h2-9,12H,10-11,19H2,1H3. The first-order valence-corrected chi connectivity index (χ1v) is 7.92. The van der Waals surface area contributed by atoms with E-state index in [2.05, 4.69) is 48.7 Å². The molecule has 2 N–H and O–H groups in total. The molecule has 2 nitrogen and oxygen atoms in total. The van der Waals surface area contributed by atoms with Crippen LogP contribution in [-0.2, 0) is 13.0 Å². The fourth-order valence-corrected chi connectivity index (χ4v) is 3.18. The van der Waals surface area contributed by atoms with Crippen molar-refractivity contribution >= 4 is 11.3 Å². The molecule has 1 heterocycles. The maximum absolute atomic E-state index is 5.70. The Kier molecular flexibility index (Phi) is 4.13. The van der Waals surface area contributed by atoms with Crippen LogP contribution in [0.1, 0.15) is 21.7 Å². The van der Waals surface area contributed by atoms with Crippen molar-refractivity contribution in [3.05, 3.63) is 75.6 Å². The van der Waals surface area contributed by atoms with Crippen LogP contribution >= 0.6 is 11.3 Å². The zero-order valence-electron chi connectivity index (χ0n) is 12.0. The Labute approximate surface area is 129 Å². The molecule has 0 aliphatic carbocycles. The van der Waals surface area contributed by atoms with Gasteiger partial charge in [-0.2, -0.15) is 0 Å². The van der Waals surface area contributed by atoms with Crippen molar-refractivity contribution in [2.24, 2.45) is 5.73 Å². The van der Waals surface area contributed by atoms with E-state index in [4.69, 9.17) is 10.7 Å². The Morgan fingerprint density at radius 1 is 1.10 bits per heavy atom. The van der Waals surface area contributed by atoms with Gasteiger partial charge in [-0.15, -0.1) is 11.3 Å². The highest BCUT2D eigenvalue weighted by molar-refractivity contribution is 7.10. The SMILES string of the molecule is Cc1ccccc1Cc1nc(-c2cccc(CN)c2)cs1. The lowest BCUT2D eigenvalue weighted by Crippen LogP contribution is -1.96. The van der Waals surface area contributed by atoms with E-state index in [-0.39, 0.29) is 0 Å². The first-order valence-electron chi connectivity index (χ1n) is 7.04. The van der Waals surface area contributed by atoms with Crippen molar-refractivity contribution in [1.29, 1.82) is 0 Å². The third kappa shape index (κ3) is 3.20. The van der Waals surface area contributed by atoms with E-state index in [1.165, 1.54) is 11.1 Å². The maximum Gasteiger partial charge on any atom is 0.0976 e. The molecule has 0 spiro atoms. The summed E-state index contributed by atoms with van der Waals surface area (Å²) in [4.78, 5) is 4.77. The first kappa shape index (κ1) is 14.0. The lowest BCUT2D eigenvalue weighted by Gasteiger charge is -2.02. The molecule has 0 unspecified atom stereocenters. The van der Waals surface area contributed by atoms with E-state index in [1.54, 1.807) is 11.3 Å². The fourth-order valence-electron chi connectivity index (χ4n) is 2.35. The number of rotatable bonds is 4. The van der Waals surface area contributed by atoms with Gasteiger partial charge in [-0.25, -0.2) is 4.98 Å². The third-order valence-corrected chi connectivity index (χ3v) is 4.46. The first-order chi connectivity index (χ1) is 10.3. The molecule has 3 rings (SSSR count). The summed E-state index contributed by atoms with van der Waals surface area (Å²) >= 11 is 1.72. The Hall–Kier alpha value is -1.97. The molecule has 0 radical (unpaired) electrons. The Morgan fingerprint density at radius 3 is 2.76 bits per heavy atom. The molecule has 3 heteroatoms. The Bertz CT molecular complexity index is 746. The molecule has 1 aromatic heterocycles. The summed E-state index contributed by atoms with van der Waals surface area (Å²) in [6.45, 7) is 2.71. The summed E-state index contributed by atoms with van der Waals surface area (Å²) in [6, 6.07) is 16.8. The van der Waals surface area contributed by atoms with Gasteiger partial charge in [0.1, 0.15) is 0 Å². The van der Waals surface area contributed by atoms with Gasteiger partial charge in [0.15, 0.2) is 0 Å². The summed E-state index contributed by atoms with van der Waals surface area (Å²) < 4.78 is 0. The van der Waals surface area contributed by atoms with Gasteiger partial charge in [0.25, 0.3) is 0 Å². The van der Waals surface area contributed by atoms with Gasteiger partial charge in [-0.05, 0) is 29.7 Å². The molecular formula is C18H18N2S. The molecule has 0 fully saturated rings. The second-order valence-electron chi connectivity index (χ2n) is 5.13. The Morgan fingerprint density at radius 2 is 1.95 bits per heavy atom. The summed E-state index contributed by atoms with van der Waals surface area (Å²) in [5.41, 5.74) is 11.7.